The molecule has 2 N–H and O–H groups in total. The molecule has 0 fully saturated rings. The zero-order valence-corrected chi connectivity index (χ0v) is 20.8. The van der Waals surface area contributed by atoms with Gasteiger partial charge in [-0.1, -0.05) is 69.9 Å². The second-order valence-corrected chi connectivity index (χ2v) is 8.83. The first-order valence-corrected chi connectivity index (χ1v) is 13.5. The van der Waals surface area contributed by atoms with E-state index in [1.807, 2.05) is 0 Å². The number of unbranched alkanes of at least 4 members (excludes halogenated alkanes) is 13. The van der Waals surface area contributed by atoms with Crippen LogP contribution >= 0.6 is 11.6 Å². The van der Waals surface area contributed by atoms with Crippen LogP contribution < -0.4 is 0 Å². The Morgan fingerprint density at radius 3 is 1.55 bits per heavy atom. The summed E-state index contributed by atoms with van der Waals surface area (Å²) in [7, 11) is 0. The highest BCUT2D eigenvalue weighted by Crippen LogP contribution is 2.14. The first kappa shape index (κ1) is 30.9. The van der Waals surface area contributed by atoms with Crippen molar-refractivity contribution in [3.8, 4) is 0 Å². The minimum absolute atomic E-state index is 0.0736. The van der Waals surface area contributed by atoms with Crippen LogP contribution in [0.2, 0.25) is 0 Å². The van der Waals surface area contributed by atoms with Crippen molar-refractivity contribution in [2.45, 2.75) is 122 Å². The summed E-state index contributed by atoms with van der Waals surface area (Å²) in [6.45, 7) is 2.07. The topological polar surface area (TPSA) is 58.9 Å². The van der Waals surface area contributed by atoms with Crippen molar-refractivity contribution in [2.75, 3.05) is 32.3 Å². The Hall–Kier alpha value is -0.130. The summed E-state index contributed by atoms with van der Waals surface area (Å²) in [6, 6.07) is 0. The van der Waals surface area contributed by atoms with Crippen LogP contribution in [0.25, 0.3) is 0 Å². The van der Waals surface area contributed by atoms with Gasteiger partial charge in [-0.05, 0) is 57.8 Å². The fourth-order valence-corrected chi connectivity index (χ4v) is 3.66. The summed E-state index contributed by atoms with van der Waals surface area (Å²) in [6.07, 6.45) is 24.8. The monoisotopic (exact) mass is 462 g/mol. The van der Waals surface area contributed by atoms with E-state index in [1.54, 1.807) is 0 Å². The Morgan fingerprint density at radius 2 is 1.00 bits per heavy atom. The van der Waals surface area contributed by atoms with Gasteiger partial charge in [0.05, 0.1) is 0 Å². The molecule has 0 unspecified atom stereocenters. The summed E-state index contributed by atoms with van der Waals surface area (Å²) >= 11 is 5.66. The van der Waals surface area contributed by atoms with E-state index >= 15 is 0 Å². The Balaban J connectivity index is 3.75. The number of alkyl halides is 1. The second-order valence-electron chi connectivity index (χ2n) is 8.45. The standard InChI is InChI=1S/C26H51ClO4/c27-21-15-9-7-5-3-1-2-4-6-8-14-20-26(30-24-18-12-10-16-22-28)31-25-19-13-11-17-23-29/h7,9,26,28-29H,1-6,8,10-25H2/b9-7+. The summed E-state index contributed by atoms with van der Waals surface area (Å²) in [4.78, 5) is 0. The van der Waals surface area contributed by atoms with Gasteiger partial charge in [-0.3, -0.25) is 0 Å². The highest BCUT2D eigenvalue weighted by Gasteiger charge is 2.09. The average molecular weight is 463 g/mol. The largest absolute Gasteiger partial charge is 0.396 e. The van der Waals surface area contributed by atoms with Crippen LogP contribution in [-0.4, -0.2) is 48.8 Å². The number of hydrogen-bond acceptors (Lipinski definition) is 4. The first-order chi connectivity index (χ1) is 15.3. The molecule has 0 aromatic rings. The predicted molar refractivity (Wildman–Crippen MR) is 133 cm³/mol. The van der Waals surface area contributed by atoms with Gasteiger partial charge in [-0.15, -0.1) is 11.6 Å². The SMILES string of the molecule is OCCCCCCOC(CCCCCCCCC/C=C/CCCl)OCCCCCCO. The van der Waals surface area contributed by atoms with E-state index in [0.717, 1.165) is 83.3 Å². The van der Waals surface area contributed by atoms with Crippen molar-refractivity contribution in [2.24, 2.45) is 0 Å². The van der Waals surface area contributed by atoms with E-state index in [9.17, 15) is 0 Å². The van der Waals surface area contributed by atoms with Crippen LogP contribution in [-0.2, 0) is 9.47 Å². The molecular formula is C26H51ClO4. The molecular weight excluding hydrogens is 412 g/mol. The fraction of sp³-hybridized carbons (Fsp3) is 0.923. The molecule has 0 atom stereocenters. The lowest BCUT2D eigenvalue weighted by atomic mass is 10.1. The molecule has 0 aliphatic heterocycles. The van der Waals surface area contributed by atoms with E-state index in [0.29, 0.717) is 0 Å². The highest BCUT2D eigenvalue weighted by atomic mass is 35.5. The number of aliphatic hydroxyl groups is 2. The molecule has 0 bridgehead atoms. The molecule has 0 aliphatic carbocycles. The van der Waals surface area contributed by atoms with Crippen molar-refractivity contribution in [3.05, 3.63) is 12.2 Å². The molecule has 0 aromatic carbocycles. The third kappa shape index (κ3) is 26.0. The van der Waals surface area contributed by atoms with Gasteiger partial charge in [-0.25, -0.2) is 0 Å². The van der Waals surface area contributed by atoms with Crippen LogP contribution in [0.4, 0.5) is 0 Å². The van der Waals surface area contributed by atoms with Crippen molar-refractivity contribution >= 4 is 11.6 Å². The van der Waals surface area contributed by atoms with Gasteiger partial charge >= 0.3 is 0 Å². The van der Waals surface area contributed by atoms with E-state index < -0.39 is 0 Å². The molecule has 0 saturated carbocycles. The Bertz CT molecular complexity index is 336. The number of rotatable bonds is 26. The highest BCUT2D eigenvalue weighted by molar-refractivity contribution is 6.17. The van der Waals surface area contributed by atoms with Gasteiger partial charge in [0.25, 0.3) is 0 Å². The molecule has 0 spiro atoms. The lowest BCUT2D eigenvalue weighted by Crippen LogP contribution is -2.19. The zero-order chi connectivity index (χ0) is 22.7. The Labute approximate surface area is 197 Å². The zero-order valence-electron chi connectivity index (χ0n) is 20.1. The Kier molecular flexibility index (Phi) is 27.8. The fourth-order valence-electron chi connectivity index (χ4n) is 3.53. The lowest BCUT2D eigenvalue weighted by molar-refractivity contribution is -0.148. The minimum atomic E-state index is -0.0736. The number of aliphatic hydroxyl groups excluding tert-OH is 2. The van der Waals surface area contributed by atoms with E-state index in [2.05, 4.69) is 12.2 Å². The third-order valence-electron chi connectivity index (χ3n) is 5.47. The first-order valence-electron chi connectivity index (χ1n) is 13.0. The normalized spacial score (nSPS) is 11.9. The number of hydrogen-bond donors (Lipinski definition) is 2. The molecule has 0 aliphatic rings. The van der Waals surface area contributed by atoms with Crippen molar-refractivity contribution < 1.29 is 19.7 Å². The van der Waals surface area contributed by atoms with Gasteiger partial charge in [0.2, 0.25) is 0 Å². The van der Waals surface area contributed by atoms with Crippen LogP contribution in [0.15, 0.2) is 12.2 Å². The van der Waals surface area contributed by atoms with Gasteiger partial charge in [-0.2, -0.15) is 0 Å². The lowest BCUT2D eigenvalue weighted by Gasteiger charge is -2.19. The van der Waals surface area contributed by atoms with E-state index in [-0.39, 0.29) is 19.5 Å². The molecule has 0 heterocycles. The molecule has 4 nitrogen and oxygen atoms in total. The van der Waals surface area contributed by atoms with Crippen LogP contribution in [0.3, 0.4) is 0 Å². The second kappa shape index (κ2) is 27.9. The third-order valence-corrected chi connectivity index (χ3v) is 5.68. The van der Waals surface area contributed by atoms with Gasteiger partial charge in [0, 0.05) is 32.3 Å². The van der Waals surface area contributed by atoms with E-state index in [1.165, 1.54) is 51.4 Å². The molecule has 186 valence electrons. The molecule has 0 aromatic heterocycles. The molecule has 0 radical (unpaired) electrons. The van der Waals surface area contributed by atoms with Crippen LogP contribution in [0.1, 0.15) is 116 Å². The van der Waals surface area contributed by atoms with Crippen LogP contribution in [0, 0.1) is 0 Å². The number of halogens is 1. The van der Waals surface area contributed by atoms with Crippen molar-refractivity contribution in [3.63, 3.8) is 0 Å². The molecule has 31 heavy (non-hydrogen) atoms. The minimum Gasteiger partial charge on any atom is -0.396 e. The quantitative estimate of drug-likeness (QED) is 0.0620. The number of allylic oxidation sites excluding steroid dienone is 2. The summed E-state index contributed by atoms with van der Waals surface area (Å²) in [5, 5.41) is 17.7. The van der Waals surface area contributed by atoms with Gasteiger partial charge in [0.1, 0.15) is 0 Å². The smallest absolute Gasteiger partial charge is 0.157 e. The molecule has 5 heteroatoms. The van der Waals surface area contributed by atoms with Gasteiger partial charge < -0.3 is 19.7 Å². The predicted octanol–water partition coefficient (Wildman–Crippen LogP) is 7.15. The maximum atomic E-state index is 8.85. The summed E-state index contributed by atoms with van der Waals surface area (Å²) < 4.78 is 12.0. The maximum Gasteiger partial charge on any atom is 0.157 e. The van der Waals surface area contributed by atoms with Gasteiger partial charge in [0.15, 0.2) is 6.29 Å². The summed E-state index contributed by atoms with van der Waals surface area (Å²) in [5.74, 6) is 0.725. The molecule has 0 amide bonds. The van der Waals surface area contributed by atoms with E-state index in [4.69, 9.17) is 31.3 Å². The van der Waals surface area contributed by atoms with Crippen molar-refractivity contribution in [1.82, 2.24) is 0 Å². The van der Waals surface area contributed by atoms with Crippen LogP contribution in [0.5, 0.6) is 0 Å². The number of ether oxygens (including phenoxy) is 2. The van der Waals surface area contributed by atoms with Crippen molar-refractivity contribution in [1.29, 1.82) is 0 Å². The average Bonchev–Trinajstić information content (AvgIpc) is 2.78. The molecule has 0 rings (SSSR count). The maximum absolute atomic E-state index is 8.85. The Morgan fingerprint density at radius 1 is 0.548 bits per heavy atom. The summed E-state index contributed by atoms with van der Waals surface area (Å²) in [5.41, 5.74) is 0. The molecule has 0 saturated heterocycles.